The molecule has 0 bridgehead atoms. The van der Waals surface area contributed by atoms with E-state index >= 15 is 0 Å². The summed E-state index contributed by atoms with van der Waals surface area (Å²) in [6.45, 7) is 0.521. The Morgan fingerprint density at radius 1 is 1.12 bits per heavy atom. The third-order valence-corrected chi connectivity index (χ3v) is 5.97. The number of fused-ring (bicyclic) bond motifs is 2. The van der Waals surface area contributed by atoms with Gasteiger partial charge in [0, 0.05) is 47.6 Å². The van der Waals surface area contributed by atoms with Crippen molar-refractivity contribution < 1.29 is 24.1 Å². The predicted molar refractivity (Wildman–Crippen MR) is 124 cm³/mol. The lowest BCUT2D eigenvalue weighted by Crippen LogP contribution is -2.25. The van der Waals surface area contributed by atoms with Crippen LogP contribution in [-0.4, -0.2) is 29.9 Å². The topological polar surface area (TPSA) is 92.8 Å². The molecule has 2 heterocycles. The molecule has 0 spiro atoms. The Morgan fingerprint density at radius 2 is 1.91 bits per heavy atom. The van der Waals surface area contributed by atoms with E-state index in [4.69, 9.17) is 14.2 Å². The lowest BCUT2D eigenvalue weighted by Gasteiger charge is -2.20. The van der Waals surface area contributed by atoms with Crippen LogP contribution < -0.4 is 19.5 Å². The number of hydrogen-bond acceptors (Lipinski definition) is 5. The molecule has 4 aromatic rings. The smallest absolute Gasteiger partial charge is 0.231 e. The highest BCUT2D eigenvalue weighted by Crippen LogP contribution is 2.43. The minimum Gasteiger partial charge on any atom is -0.508 e. The molecule has 1 aliphatic rings. The van der Waals surface area contributed by atoms with E-state index in [0.29, 0.717) is 23.6 Å². The summed E-state index contributed by atoms with van der Waals surface area (Å²) in [6.07, 6.45) is 2.04. The molecule has 1 unspecified atom stereocenters. The fourth-order valence-corrected chi connectivity index (χ4v) is 4.23. The average Bonchev–Trinajstić information content (AvgIpc) is 3.50. The maximum atomic E-state index is 13.0. The van der Waals surface area contributed by atoms with Crippen molar-refractivity contribution >= 4 is 16.8 Å². The molecule has 1 aliphatic heterocycles. The molecule has 168 valence electrons. The number of nitrogens with one attached hydrogen (secondary N) is 2. The van der Waals surface area contributed by atoms with Crippen molar-refractivity contribution in [1.82, 2.24) is 10.3 Å². The van der Waals surface area contributed by atoms with Gasteiger partial charge in [-0.15, -0.1) is 0 Å². The monoisotopic (exact) mass is 444 g/mol. The van der Waals surface area contributed by atoms with E-state index in [1.54, 1.807) is 19.2 Å². The van der Waals surface area contributed by atoms with E-state index in [0.717, 1.165) is 27.8 Å². The number of benzene rings is 3. The van der Waals surface area contributed by atoms with E-state index in [2.05, 4.69) is 10.3 Å². The normalized spacial score (nSPS) is 13.1. The number of phenols is 1. The molecule has 0 fully saturated rings. The quantitative estimate of drug-likeness (QED) is 0.392. The molecular formula is C26H24N2O5. The van der Waals surface area contributed by atoms with Crippen LogP contribution in [0.5, 0.6) is 23.0 Å². The Hall–Kier alpha value is -4.13. The summed E-state index contributed by atoms with van der Waals surface area (Å²) in [5, 5.41) is 14.8. The van der Waals surface area contributed by atoms with Crippen molar-refractivity contribution in [2.24, 2.45) is 0 Å². The molecule has 1 amide bonds. The molecule has 0 aliphatic carbocycles. The van der Waals surface area contributed by atoms with Crippen molar-refractivity contribution in [2.45, 2.75) is 18.9 Å². The number of phenolic OH excluding ortho intramolecular Hbond substituents is 1. The van der Waals surface area contributed by atoms with Gasteiger partial charge in [0.1, 0.15) is 11.5 Å². The average molecular weight is 444 g/mol. The maximum Gasteiger partial charge on any atom is 0.231 e. The van der Waals surface area contributed by atoms with Gasteiger partial charge in [0.15, 0.2) is 11.5 Å². The number of methoxy groups -OCH3 is 1. The first-order chi connectivity index (χ1) is 16.1. The van der Waals surface area contributed by atoms with Crippen LogP contribution in [0.1, 0.15) is 29.0 Å². The SMILES string of the molecule is COc1ccc(C(CC(=O)NCc2cccc3[nH]ccc23)c2cc3c(cc2O)OCO3)cc1. The molecule has 1 atom stereocenters. The summed E-state index contributed by atoms with van der Waals surface area (Å²) >= 11 is 0. The Morgan fingerprint density at radius 3 is 2.70 bits per heavy atom. The van der Waals surface area contributed by atoms with Crippen LogP contribution in [0.25, 0.3) is 10.9 Å². The van der Waals surface area contributed by atoms with Crippen LogP contribution in [0.2, 0.25) is 0 Å². The molecule has 0 saturated carbocycles. The van der Waals surface area contributed by atoms with Gasteiger partial charge in [-0.1, -0.05) is 24.3 Å². The van der Waals surface area contributed by atoms with Crippen LogP contribution in [0, 0.1) is 0 Å². The molecule has 1 aromatic heterocycles. The molecule has 7 nitrogen and oxygen atoms in total. The number of ether oxygens (including phenoxy) is 3. The number of aromatic amines is 1. The predicted octanol–water partition coefficient (Wildman–Crippen LogP) is 4.45. The number of aromatic hydroxyl groups is 1. The van der Waals surface area contributed by atoms with Gasteiger partial charge in [0.2, 0.25) is 12.7 Å². The van der Waals surface area contributed by atoms with Crippen LogP contribution in [0.4, 0.5) is 0 Å². The maximum absolute atomic E-state index is 13.0. The zero-order valence-electron chi connectivity index (χ0n) is 18.1. The van der Waals surface area contributed by atoms with Gasteiger partial charge in [-0.05, 0) is 41.5 Å². The van der Waals surface area contributed by atoms with E-state index < -0.39 is 0 Å². The van der Waals surface area contributed by atoms with Gasteiger partial charge < -0.3 is 29.6 Å². The highest BCUT2D eigenvalue weighted by molar-refractivity contribution is 5.84. The first-order valence-electron chi connectivity index (χ1n) is 10.7. The Kier molecular flexibility index (Phi) is 5.52. The summed E-state index contributed by atoms with van der Waals surface area (Å²) in [5.74, 6) is 1.32. The summed E-state index contributed by atoms with van der Waals surface area (Å²) in [5.41, 5.74) is 3.55. The number of carbonyl (C=O) groups is 1. The van der Waals surface area contributed by atoms with Gasteiger partial charge in [-0.3, -0.25) is 4.79 Å². The second-order valence-corrected chi connectivity index (χ2v) is 7.93. The molecule has 5 rings (SSSR count). The van der Waals surface area contributed by atoms with Crippen molar-refractivity contribution in [1.29, 1.82) is 0 Å². The number of hydrogen-bond donors (Lipinski definition) is 3. The molecule has 3 N–H and O–H groups in total. The van der Waals surface area contributed by atoms with Crippen molar-refractivity contribution in [3.63, 3.8) is 0 Å². The van der Waals surface area contributed by atoms with Crippen molar-refractivity contribution in [2.75, 3.05) is 13.9 Å². The Bertz CT molecular complexity index is 1300. The first kappa shape index (κ1) is 20.8. The van der Waals surface area contributed by atoms with Crippen LogP contribution >= 0.6 is 0 Å². The van der Waals surface area contributed by atoms with Gasteiger partial charge >= 0.3 is 0 Å². The minimum absolute atomic E-state index is 0.0601. The second kappa shape index (κ2) is 8.78. The van der Waals surface area contributed by atoms with E-state index in [1.165, 1.54) is 0 Å². The van der Waals surface area contributed by atoms with Crippen LogP contribution in [0.3, 0.4) is 0 Å². The summed E-state index contributed by atoms with van der Waals surface area (Å²) in [6, 6.07) is 18.8. The standard InChI is InChI=1S/C26H24N2O5/c1-31-18-7-5-16(6-8-18)20(21-11-24-25(13-23(21)29)33-15-32-24)12-26(30)28-14-17-3-2-4-22-19(17)9-10-27-22/h2-11,13,20,27,29H,12,14-15H2,1H3,(H,28,30). The number of carbonyl (C=O) groups excluding carboxylic acids is 1. The summed E-state index contributed by atoms with van der Waals surface area (Å²) in [7, 11) is 1.61. The number of H-pyrrole nitrogens is 1. The zero-order valence-corrected chi connectivity index (χ0v) is 18.1. The van der Waals surface area contributed by atoms with Crippen molar-refractivity contribution in [3.05, 3.63) is 83.6 Å². The molecular weight excluding hydrogens is 420 g/mol. The number of amides is 1. The summed E-state index contributed by atoms with van der Waals surface area (Å²) < 4.78 is 16.1. The number of rotatable bonds is 7. The Balaban J connectivity index is 1.40. The van der Waals surface area contributed by atoms with Crippen LogP contribution in [0.15, 0.2) is 66.9 Å². The molecule has 3 aromatic carbocycles. The van der Waals surface area contributed by atoms with Crippen molar-refractivity contribution in [3.8, 4) is 23.0 Å². The number of aromatic nitrogens is 1. The third kappa shape index (κ3) is 4.17. The lowest BCUT2D eigenvalue weighted by atomic mass is 9.87. The third-order valence-electron chi connectivity index (χ3n) is 5.97. The zero-order chi connectivity index (χ0) is 22.8. The van der Waals surface area contributed by atoms with Gasteiger partial charge in [0.25, 0.3) is 0 Å². The minimum atomic E-state index is -0.381. The fraction of sp³-hybridized carbons (Fsp3) is 0.192. The van der Waals surface area contributed by atoms with E-state index in [1.807, 2.05) is 54.7 Å². The molecule has 0 saturated heterocycles. The molecule has 7 heteroatoms. The highest BCUT2D eigenvalue weighted by atomic mass is 16.7. The lowest BCUT2D eigenvalue weighted by molar-refractivity contribution is -0.121. The first-order valence-corrected chi connectivity index (χ1v) is 10.7. The van der Waals surface area contributed by atoms with Crippen LogP contribution in [-0.2, 0) is 11.3 Å². The molecule has 33 heavy (non-hydrogen) atoms. The largest absolute Gasteiger partial charge is 0.508 e. The fourth-order valence-electron chi connectivity index (χ4n) is 4.23. The van der Waals surface area contributed by atoms with Gasteiger partial charge in [-0.25, -0.2) is 0 Å². The van der Waals surface area contributed by atoms with E-state index in [-0.39, 0.29) is 30.8 Å². The summed E-state index contributed by atoms with van der Waals surface area (Å²) in [4.78, 5) is 16.2. The molecule has 0 radical (unpaired) electrons. The highest BCUT2D eigenvalue weighted by Gasteiger charge is 2.25. The Labute approximate surface area is 190 Å². The van der Waals surface area contributed by atoms with E-state index in [9.17, 15) is 9.90 Å². The van der Waals surface area contributed by atoms with Gasteiger partial charge in [0.05, 0.1) is 7.11 Å². The second-order valence-electron chi connectivity index (χ2n) is 7.93. The van der Waals surface area contributed by atoms with Gasteiger partial charge in [-0.2, -0.15) is 0 Å².